The lowest BCUT2D eigenvalue weighted by Crippen LogP contribution is -2.29. The Morgan fingerprint density at radius 1 is 1.00 bits per heavy atom. The minimum Gasteiger partial charge on any atom is -0.494 e. The topological polar surface area (TPSA) is 59.8 Å². The van der Waals surface area contributed by atoms with Crippen molar-refractivity contribution in [3.8, 4) is 5.75 Å². The molecule has 178 valence electrons. The smallest absolute Gasteiger partial charge is 0.291 e. The van der Waals surface area contributed by atoms with Crippen molar-refractivity contribution in [2.45, 2.75) is 32.4 Å². The largest absolute Gasteiger partial charge is 0.494 e. The highest BCUT2D eigenvalue weighted by Gasteiger charge is 2.42. The molecular weight excluding hydrogens is 485 g/mol. The van der Waals surface area contributed by atoms with Crippen LogP contribution in [-0.4, -0.2) is 17.4 Å². The van der Waals surface area contributed by atoms with Gasteiger partial charge in [-0.2, -0.15) is 0 Å². The van der Waals surface area contributed by atoms with Gasteiger partial charge in [-0.25, -0.2) is 0 Å². The van der Waals surface area contributed by atoms with Crippen LogP contribution in [0.3, 0.4) is 0 Å². The molecule has 0 N–H and O–H groups in total. The summed E-state index contributed by atoms with van der Waals surface area (Å²) >= 11 is 12.6. The predicted octanol–water partition coefficient (Wildman–Crippen LogP) is 7.02. The Labute approximate surface area is 212 Å². The Balaban J connectivity index is 1.63. The summed E-state index contributed by atoms with van der Waals surface area (Å²) in [5.74, 6) is 0.425. The van der Waals surface area contributed by atoms with Gasteiger partial charge in [-0.15, -0.1) is 0 Å². The number of nitrogens with zero attached hydrogens (tertiary/aromatic N) is 1. The summed E-state index contributed by atoms with van der Waals surface area (Å²) in [4.78, 5) is 28.9. The highest BCUT2D eigenvalue weighted by molar-refractivity contribution is 6.31. The Hall–Kier alpha value is -3.28. The molecule has 3 aromatic carbocycles. The van der Waals surface area contributed by atoms with Crippen LogP contribution < -0.4 is 10.2 Å². The van der Waals surface area contributed by atoms with E-state index in [2.05, 4.69) is 6.92 Å². The van der Waals surface area contributed by atoms with Crippen molar-refractivity contribution in [3.05, 3.63) is 109 Å². The number of amides is 1. The van der Waals surface area contributed by atoms with Crippen LogP contribution in [0, 0.1) is 0 Å². The molecule has 1 aromatic heterocycles. The Morgan fingerprint density at radius 2 is 1.77 bits per heavy atom. The second-order valence-electron chi connectivity index (χ2n) is 8.51. The lowest BCUT2D eigenvalue weighted by molar-refractivity contribution is 0.0714. The van der Waals surface area contributed by atoms with Gasteiger partial charge in [-0.1, -0.05) is 66.9 Å². The average Bonchev–Trinajstić information content (AvgIpc) is 3.13. The van der Waals surface area contributed by atoms with Gasteiger partial charge in [0.25, 0.3) is 5.91 Å². The highest BCUT2D eigenvalue weighted by Crippen LogP contribution is 2.40. The Morgan fingerprint density at radius 3 is 2.51 bits per heavy atom. The standard InChI is InChI=1S/C28H23Cl2NO4/c1-2-3-14-34-20-11-8-17(9-12-20)25-24-26(32)21-15-19(29)10-13-23(21)35-27(24)28(33)31(25)16-18-6-4-5-7-22(18)30/h4-13,15,25H,2-3,14,16H2,1H3. The van der Waals surface area contributed by atoms with E-state index in [1.807, 2.05) is 42.5 Å². The molecule has 0 saturated carbocycles. The first-order valence-corrected chi connectivity index (χ1v) is 12.3. The van der Waals surface area contributed by atoms with Crippen LogP contribution in [0.5, 0.6) is 5.75 Å². The zero-order chi connectivity index (χ0) is 24.5. The van der Waals surface area contributed by atoms with E-state index in [-0.39, 0.29) is 23.6 Å². The maximum atomic E-state index is 13.7. The number of rotatable bonds is 7. The number of unbranched alkanes of at least 4 members (excludes halogenated alkanes) is 1. The van der Waals surface area contributed by atoms with E-state index < -0.39 is 6.04 Å². The van der Waals surface area contributed by atoms with Crippen molar-refractivity contribution in [3.63, 3.8) is 0 Å². The summed E-state index contributed by atoms with van der Waals surface area (Å²) in [5.41, 5.74) is 1.91. The summed E-state index contributed by atoms with van der Waals surface area (Å²) in [7, 11) is 0. The third kappa shape index (κ3) is 4.42. The van der Waals surface area contributed by atoms with Crippen LogP contribution in [0.15, 0.2) is 75.9 Å². The maximum Gasteiger partial charge on any atom is 0.291 e. The molecule has 0 saturated heterocycles. The third-order valence-corrected chi connectivity index (χ3v) is 6.79. The summed E-state index contributed by atoms with van der Waals surface area (Å²) in [6.07, 6.45) is 2.01. The molecule has 1 amide bonds. The van der Waals surface area contributed by atoms with E-state index in [1.165, 1.54) is 0 Å². The molecule has 1 unspecified atom stereocenters. The third-order valence-electron chi connectivity index (χ3n) is 6.19. The van der Waals surface area contributed by atoms with Crippen molar-refractivity contribution < 1.29 is 13.9 Å². The monoisotopic (exact) mass is 507 g/mol. The van der Waals surface area contributed by atoms with E-state index in [0.717, 1.165) is 29.7 Å². The molecule has 0 radical (unpaired) electrons. The molecule has 5 nitrogen and oxygen atoms in total. The number of carbonyl (C=O) groups excluding carboxylic acids is 1. The fourth-order valence-electron chi connectivity index (χ4n) is 4.39. The predicted molar refractivity (Wildman–Crippen MR) is 138 cm³/mol. The van der Waals surface area contributed by atoms with Crippen LogP contribution in [0.4, 0.5) is 0 Å². The van der Waals surface area contributed by atoms with Gasteiger partial charge in [0.05, 0.1) is 23.6 Å². The van der Waals surface area contributed by atoms with Gasteiger partial charge in [0, 0.05) is 16.6 Å². The van der Waals surface area contributed by atoms with Crippen LogP contribution in [0.25, 0.3) is 11.0 Å². The van der Waals surface area contributed by atoms with Crippen LogP contribution >= 0.6 is 23.2 Å². The Kier molecular flexibility index (Phi) is 6.54. The molecule has 1 atom stereocenters. The number of hydrogen-bond acceptors (Lipinski definition) is 4. The quantitative estimate of drug-likeness (QED) is 0.252. The number of carbonyl (C=O) groups is 1. The second kappa shape index (κ2) is 9.76. The molecule has 4 aromatic rings. The van der Waals surface area contributed by atoms with E-state index in [1.54, 1.807) is 29.2 Å². The SMILES string of the molecule is CCCCOc1ccc(C2c3c(oc4ccc(Cl)cc4c3=O)C(=O)N2Cc2ccccc2Cl)cc1. The van der Waals surface area contributed by atoms with Gasteiger partial charge in [-0.05, 0) is 53.9 Å². The first-order valence-electron chi connectivity index (χ1n) is 11.5. The fraction of sp³-hybridized carbons (Fsp3) is 0.214. The zero-order valence-electron chi connectivity index (χ0n) is 19.1. The lowest BCUT2D eigenvalue weighted by Gasteiger charge is -2.25. The van der Waals surface area contributed by atoms with Gasteiger partial charge >= 0.3 is 0 Å². The van der Waals surface area contributed by atoms with E-state index >= 15 is 0 Å². The number of hydrogen-bond donors (Lipinski definition) is 0. The fourth-order valence-corrected chi connectivity index (χ4v) is 4.76. The normalized spacial score (nSPS) is 15.0. The van der Waals surface area contributed by atoms with E-state index in [4.69, 9.17) is 32.4 Å². The van der Waals surface area contributed by atoms with Crippen molar-refractivity contribution >= 4 is 40.1 Å². The minimum atomic E-state index is -0.641. The van der Waals surface area contributed by atoms with Crippen molar-refractivity contribution in [2.24, 2.45) is 0 Å². The van der Waals surface area contributed by atoms with Crippen molar-refractivity contribution in [1.82, 2.24) is 4.90 Å². The van der Waals surface area contributed by atoms with E-state index in [0.29, 0.717) is 33.2 Å². The van der Waals surface area contributed by atoms with Crippen LogP contribution in [-0.2, 0) is 6.54 Å². The first kappa shape index (κ1) is 23.5. The van der Waals surface area contributed by atoms with Gasteiger partial charge < -0.3 is 14.1 Å². The molecule has 1 aliphatic heterocycles. The highest BCUT2D eigenvalue weighted by atomic mass is 35.5. The van der Waals surface area contributed by atoms with Crippen LogP contribution in [0.2, 0.25) is 10.0 Å². The molecule has 0 fully saturated rings. The number of benzene rings is 3. The minimum absolute atomic E-state index is 0.0464. The zero-order valence-corrected chi connectivity index (χ0v) is 20.6. The molecule has 0 bridgehead atoms. The van der Waals surface area contributed by atoms with Crippen molar-refractivity contribution in [2.75, 3.05) is 6.61 Å². The summed E-state index contributed by atoms with van der Waals surface area (Å²) in [5, 5.41) is 1.31. The van der Waals surface area contributed by atoms with Crippen LogP contribution in [0.1, 0.15) is 53.1 Å². The molecule has 35 heavy (non-hydrogen) atoms. The molecule has 5 rings (SSSR count). The molecule has 1 aliphatic rings. The molecule has 0 aliphatic carbocycles. The summed E-state index contributed by atoms with van der Waals surface area (Å²) in [6, 6.07) is 19.0. The molecule has 0 spiro atoms. The number of ether oxygens (including phenoxy) is 1. The Bertz CT molecular complexity index is 1460. The molecular formula is C28H23Cl2NO4. The molecule has 2 heterocycles. The number of halogens is 2. The van der Waals surface area contributed by atoms with Crippen molar-refractivity contribution in [1.29, 1.82) is 0 Å². The number of fused-ring (bicyclic) bond motifs is 2. The lowest BCUT2D eigenvalue weighted by atomic mass is 9.98. The van der Waals surface area contributed by atoms with Gasteiger partial charge in [0.2, 0.25) is 5.76 Å². The van der Waals surface area contributed by atoms with Gasteiger partial charge in [0.15, 0.2) is 5.43 Å². The second-order valence-corrected chi connectivity index (χ2v) is 9.36. The van der Waals surface area contributed by atoms with Gasteiger partial charge in [0.1, 0.15) is 11.3 Å². The first-order chi connectivity index (χ1) is 17.0. The van der Waals surface area contributed by atoms with E-state index in [9.17, 15) is 9.59 Å². The summed E-state index contributed by atoms with van der Waals surface area (Å²) in [6.45, 7) is 2.96. The summed E-state index contributed by atoms with van der Waals surface area (Å²) < 4.78 is 11.8. The average molecular weight is 508 g/mol. The molecule has 7 heteroatoms. The maximum absolute atomic E-state index is 13.7. The van der Waals surface area contributed by atoms with Gasteiger partial charge in [-0.3, -0.25) is 9.59 Å².